The van der Waals surface area contributed by atoms with Crippen molar-refractivity contribution in [3.63, 3.8) is 0 Å². The molecule has 0 aliphatic carbocycles. The molecule has 1 N–H and O–H groups in total. The van der Waals surface area contributed by atoms with E-state index in [0.717, 1.165) is 30.8 Å². The van der Waals surface area contributed by atoms with Gasteiger partial charge in [0.25, 0.3) is 5.89 Å². The number of benzene rings is 2. The van der Waals surface area contributed by atoms with Gasteiger partial charge >= 0.3 is 0 Å². The summed E-state index contributed by atoms with van der Waals surface area (Å²) in [5.41, 5.74) is 1.86. The van der Waals surface area contributed by atoms with Gasteiger partial charge in [-0.25, -0.2) is 4.39 Å². The van der Waals surface area contributed by atoms with Crippen LogP contribution in [0.4, 0.5) is 4.39 Å². The van der Waals surface area contributed by atoms with Gasteiger partial charge in [0.05, 0.1) is 6.54 Å². The Hall–Kier alpha value is -2.28. The van der Waals surface area contributed by atoms with Crippen molar-refractivity contribution in [1.29, 1.82) is 0 Å². The number of rotatable bonds is 4. The average molecular weight is 375 g/mol. The molecular weight excluding hydrogens is 355 g/mol. The van der Waals surface area contributed by atoms with Crippen molar-refractivity contribution in [2.45, 2.75) is 12.6 Å². The first-order chi connectivity index (χ1) is 12.3. The predicted molar refractivity (Wildman–Crippen MR) is 99.4 cm³/mol. The van der Waals surface area contributed by atoms with Gasteiger partial charge in [0, 0.05) is 31.2 Å². The van der Waals surface area contributed by atoms with Crippen LogP contribution in [-0.2, 0) is 6.54 Å². The molecule has 1 aliphatic rings. The van der Waals surface area contributed by atoms with Crippen molar-refractivity contribution in [3.05, 3.63) is 71.8 Å². The summed E-state index contributed by atoms with van der Waals surface area (Å²) in [6.07, 6.45) is 0. The third-order valence-corrected chi connectivity index (χ3v) is 4.42. The van der Waals surface area contributed by atoms with E-state index in [1.54, 1.807) is 12.1 Å². The molecule has 1 saturated heterocycles. The van der Waals surface area contributed by atoms with E-state index in [4.69, 9.17) is 4.52 Å². The van der Waals surface area contributed by atoms with E-state index in [1.807, 2.05) is 36.4 Å². The van der Waals surface area contributed by atoms with Gasteiger partial charge < -0.3 is 9.84 Å². The highest BCUT2D eigenvalue weighted by Crippen LogP contribution is 2.25. The van der Waals surface area contributed by atoms with Gasteiger partial charge in [0.2, 0.25) is 0 Å². The molecule has 1 fully saturated rings. The van der Waals surface area contributed by atoms with Gasteiger partial charge in [-0.15, -0.1) is 12.4 Å². The van der Waals surface area contributed by atoms with Gasteiger partial charge in [-0.3, -0.25) is 4.90 Å². The second kappa shape index (κ2) is 8.40. The van der Waals surface area contributed by atoms with Crippen LogP contribution in [-0.4, -0.2) is 34.7 Å². The van der Waals surface area contributed by atoms with Crippen molar-refractivity contribution in [3.8, 4) is 11.5 Å². The molecule has 1 atom stereocenters. The zero-order valence-corrected chi connectivity index (χ0v) is 15.0. The van der Waals surface area contributed by atoms with Gasteiger partial charge in [-0.2, -0.15) is 4.98 Å². The summed E-state index contributed by atoms with van der Waals surface area (Å²) in [7, 11) is 0. The summed E-state index contributed by atoms with van der Waals surface area (Å²) in [6, 6.07) is 16.6. The maximum atomic E-state index is 13.6. The molecule has 0 amide bonds. The lowest BCUT2D eigenvalue weighted by atomic mass is 10.0. The summed E-state index contributed by atoms with van der Waals surface area (Å²) in [4.78, 5) is 6.76. The molecule has 136 valence electrons. The monoisotopic (exact) mass is 374 g/mol. The molecule has 1 unspecified atom stereocenters. The lowest BCUT2D eigenvalue weighted by Crippen LogP contribution is -2.45. The number of nitrogens with one attached hydrogen (secondary N) is 1. The predicted octanol–water partition coefficient (Wildman–Crippen LogP) is 3.44. The Morgan fingerprint density at radius 3 is 2.81 bits per heavy atom. The molecule has 1 aromatic heterocycles. The highest BCUT2D eigenvalue weighted by Gasteiger charge is 2.25. The second-order valence-electron chi connectivity index (χ2n) is 6.13. The molecule has 5 nitrogen and oxygen atoms in total. The first kappa shape index (κ1) is 18.5. The van der Waals surface area contributed by atoms with E-state index in [2.05, 4.69) is 20.4 Å². The average Bonchev–Trinajstić information content (AvgIpc) is 3.11. The van der Waals surface area contributed by atoms with Crippen molar-refractivity contribution >= 4 is 12.4 Å². The Kier molecular flexibility index (Phi) is 5.98. The lowest BCUT2D eigenvalue weighted by molar-refractivity contribution is 0.148. The fourth-order valence-electron chi connectivity index (χ4n) is 3.18. The molecule has 4 rings (SSSR count). The van der Waals surface area contributed by atoms with Gasteiger partial charge in [0.1, 0.15) is 5.82 Å². The Morgan fingerprint density at radius 2 is 2.00 bits per heavy atom. The number of halogens is 2. The quantitative estimate of drug-likeness (QED) is 0.758. The molecule has 1 aliphatic heterocycles. The summed E-state index contributed by atoms with van der Waals surface area (Å²) in [6.45, 7) is 3.07. The Morgan fingerprint density at radius 1 is 1.15 bits per heavy atom. The molecule has 0 bridgehead atoms. The van der Waals surface area contributed by atoms with E-state index >= 15 is 0 Å². The molecule has 2 aromatic carbocycles. The summed E-state index contributed by atoms with van der Waals surface area (Å²) in [5, 5.41) is 7.48. The van der Waals surface area contributed by atoms with E-state index in [9.17, 15) is 4.39 Å². The first-order valence-corrected chi connectivity index (χ1v) is 8.38. The molecule has 26 heavy (non-hydrogen) atoms. The van der Waals surface area contributed by atoms with E-state index in [0.29, 0.717) is 18.3 Å². The van der Waals surface area contributed by atoms with Gasteiger partial charge in [-0.1, -0.05) is 35.5 Å². The van der Waals surface area contributed by atoms with Gasteiger partial charge in [-0.05, 0) is 29.8 Å². The number of nitrogens with zero attached hydrogens (tertiary/aromatic N) is 3. The molecular formula is C19H20ClFN4O. The highest BCUT2D eigenvalue weighted by molar-refractivity contribution is 5.85. The second-order valence-corrected chi connectivity index (χ2v) is 6.13. The Bertz CT molecular complexity index is 842. The highest BCUT2D eigenvalue weighted by atomic mass is 35.5. The van der Waals surface area contributed by atoms with Crippen LogP contribution in [0.2, 0.25) is 0 Å². The van der Waals surface area contributed by atoms with Crippen molar-refractivity contribution in [1.82, 2.24) is 20.4 Å². The molecule has 2 heterocycles. The minimum atomic E-state index is -0.214. The standard InChI is InChI=1S/C19H19FN4O.ClH/c20-16-8-4-7-15(11-16)17-12-21-9-10-24(17)13-18-22-19(25-23-18)14-5-2-1-3-6-14;/h1-8,11,17,21H,9-10,12-13H2;1H. The topological polar surface area (TPSA) is 54.2 Å². The number of hydrogen-bond donors (Lipinski definition) is 1. The first-order valence-electron chi connectivity index (χ1n) is 8.38. The summed E-state index contributed by atoms with van der Waals surface area (Å²) < 4.78 is 19.0. The SMILES string of the molecule is Cl.Fc1cccc(C2CNCCN2Cc2noc(-c3ccccc3)n2)c1. The minimum absolute atomic E-state index is 0. The van der Waals surface area contributed by atoms with E-state index in [-0.39, 0.29) is 24.3 Å². The normalized spacial score (nSPS) is 17.7. The number of piperazine rings is 1. The molecule has 7 heteroatoms. The van der Waals surface area contributed by atoms with Gasteiger partial charge in [0.15, 0.2) is 5.82 Å². The third kappa shape index (κ3) is 4.09. The summed E-state index contributed by atoms with van der Waals surface area (Å²) in [5.74, 6) is 0.948. The zero-order chi connectivity index (χ0) is 17.1. The van der Waals surface area contributed by atoms with Crippen LogP contribution in [0, 0.1) is 5.82 Å². The van der Waals surface area contributed by atoms with Crippen LogP contribution in [0.3, 0.4) is 0 Å². The van der Waals surface area contributed by atoms with Crippen molar-refractivity contribution < 1.29 is 8.91 Å². The van der Waals surface area contributed by atoms with E-state index < -0.39 is 0 Å². The van der Waals surface area contributed by atoms with E-state index in [1.165, 1.54) is 6.07 Å². The van der Waals surface area contributed by atoms with Crippen LogP contribution < -0.4 is 5.32 Å². The third-order valence-electron chi connectivity index (χ3n) is 4.42. The van der Waals surface area contributed by atoms with Crippen LogP contribution >= 0.6 is 12.4 Å². The fourth-order valence-corrected chi connectivity index (χ4v) is 3.18. The fraction of sp³-hybridized carbons (Fsp3) is 0.263. The maximum Gasteiger partial charge on any atom is 0.257 e. The smallest absolute Gasteiger partial charge is 0.257 e. The van der Waals surface area contributed by atoms with Crippen LogP contribution in [0.5, 0.6) is 0 Å². The van der Waals surface area contributed by atoms with Crippen molar-refractivity contribution in [2.75, 3.05) is 19.6 Å². The minimum Gasteiger partial charge on any atom is -0.334 e. The maximum absolute atomic E-state index is 13.6. The summed E-state index contributed by atoms with van der Waals surface area (Å²) >= 11 is 0. The lowest BCUT2D eigenvalue weighted by Gasteiger charge is -2.35. The van der Waals surface area contributed by atoms with Crippen molar-refractivity contribution in [2.24, 2.45) is 0 Å². The van der Waals surface area contributed by atoms with Crippen LogP contribution in [0.25, 0.3) is 11.5 Å². The molecule has 3 aromatic rings. The molecule has 0 radical (unpaired) electrons. The largest absolute Gasteiger partial charge is 0.334 e. The Balaban J connectivity index is 0.00000196. The van der Waals surface area contributed by atoms with Crippen LogP contribution in [0.15, 0.2) is 59.1 Å². The molecule has 0 saturated carbocycles. The number of hydrogen-bond acceptors (Lipinski definition) is 5. The number of aromatic nitrogens is 2. The molecule has 0 spiro atoms. The Labute approximate surface area is 157 Å². The van der Waals surface area contributed by atoms with Crippen LogP contribution in [0.1, 0.15) is 17.4 Å². The zero-order valence-electron chi connectivity index (χ0n) is 14.1.